The first kappa shape index (κ1) is 16.9. The molecule has 0 bridgehead atoms. The van der Waals surface area contributed by atoms with Gasteiger partial charge in [-0.15, -0.1) is 0 Å². The number of hydrogen-bond donors (Lipinski definition) is 0. The van der Waals surface area contributed by atoms with E-state index in [1.54, 1.807) is 43.6 Å². The van der Waals surface area contributed by atoms with Crippen molar-refractivity contribution >= 4 is 10.9 Å². The molecule has 1 aromatic carbocycles. The van der Waals surface area contributed by atoms with E-state index in [2.05, 4.69) is 20.1 Å². The lowest BCUT2D eigenvalue weighted by atomic mass is 10.2. The number of benzene rings is 1. The van der Waals surface area contributed by atoms with Crippen LogP contribution in [-0.2, 0) is 0 Å². The first-order valence-corrected chi connectivity index (χ1v) is 8.21. The molecule has 0 amide bonds. The number of alkyl halides is 1. The second kappa shape index (κ2) is 7.36. The first-order valence-electron chi connectivity index (χ1n) is 8.21. The highest BCUT2D eigenvalue weighted by molar-refractivity contribution is 5.82. The van der Waals surface area contributed by atoms with Crippen LogP contribution in [0.4, 0.5) is 4.39 Å². The Morgan fingerprint density at radius 2 is 2.00 bits per heavy atom. The summed E-state index contributed by atoms with van der Waals surface area (Å²) in [7, 11) is 1.54. The molecule has 7 nitrogen and oxygen atoms in total. The summed E-state index contributed by atoms with van der Waals surface area (Å²) in [5.74, 6) is 1.79. The van der Waals surface area contributed by atoms with Crippen LogP contribution < -0.4 is 9.47 Å². The van der Waals surface area contributed by atoms with Crippen LogP contribution in [0.2, 0.25) is 0 Å². The number of nitrogens with zero attached hydrogens (tertiary/aromatic N) is 4. The Bertz CT molecular complexity index is 1080. The smallest absolute Gasteiger partial charge is 0.258 e. The van der Waals surface area contributed by atoms with Crippen molar-refractivity contribution in [3.8, 4) is 34.6 Å². The molecule has 0 unspecified atom stereocenters. The molecule has 27 heavy (non-hydrogen) atoms. The molecule has 3 aromatic heterocycles. The molecule has 3 heterocycles. The highest BCUT2D eigenvalue weighted by atomic mass is 19.1. The van der Waals surface area contributed by atoms with Crippen LogP contribution in [-0.4, -0.2) is 40.5 Å². The van der Waals surface area contributed by atoms with Crippen LogP contribution >= 0.6 is 0 Å². The zero-order chi connectivity index (χ0) is 18.6. The van der Waals surface area contributed by atoms with Crippen molar-refractivity contribution in [3.05, 3.63) is 48.7 Å². The minimum absolute atomic E-state index is 0.0302. The highest BCUT2D eigenvalue weighted by Gasteiger charge is 2.13. The molecule has 0 aliphatic carbocycles. The van der Waals surface area contributed by atoms with E-state index >= 15 is 0 Å². The summed E-state index contributed by atoms with van der Waals surface area (Å²) in [4.78, 5) is 13.0. The van der Waals surface area contributed by atoms with Gasteiger partial charge >= 0.3 is 0 Å². The third-order valence-electron chi connectivity index (χ3n) is 3.85. The van der Waals surface area contributed by atoms with Gasteiger partial charge < -0.3 is 14.0 Å². The van der Waals surface area contributed by atoms with E-state index in [9.17, 15) is 4.39 Å². The molecular formula is C19H15FN4O3. The van der Waals surface area contributed by atoms with Crippen LogP contribution in [0, 0.1) is 0 Å². The summed E-state index contributed by atoms with van der Waals surface area (Å²) in [6, 6.07) is 12.5. The molecule has 0 saturated heterocycles. The number of hydrogen-bond acceptors (Lipinski definition) is 7. The van der Waals surface area contributed by atoms with Crippen molar-refractivity contribution in [3.63, 3.8) is 0 Å². The Morgan fingerprint density at radius 1 is 1.07 bits per heavy atom. The summed E-state index contributed by atoms with van der Waals surface area (Å²) in [5, 5.41) is 4.88. The second-order valence-corrected chi connectivity index (χ2v) is 5.60. The van der Waals surface area contributed by atoms with Crippen LogP contribution in [0.1, 0.15) is 0 Å². The average Bonchev–Trinajstić information content (AvgIpc) is 3.22. The van der Waals surface area contributed by atoms with Gasteiger partial charge in [0.05, 0.1) is 12.6 Å². The summed E-state index contributed by atoms with van der Waals surface area (Å²) in [6.07, 6.45) is 1.61. The van der Waals surface area contributed by atoms with Crippen molar-refractivity contribution in [2.45, 2.75) is 0 Å². The van der Waals surface area contributed by atoms with Gasteiger partial charge in [0.15, 0.2) is 0 Å². The maximum atomic E-state index is 12.2. The lowest BCUT2D eigenvalue weighted by Crippen LogP contribution is -1.98. The average molecular weight is 366 g/mol. The SMILES string of the molecule is COc1cc(-c2nc(-c3ccc4cc(OCCF)ccc4n3)no2)ccn1. The van der Waals surface area contributed by atoms with Crippen molar-refractivity contribution in [2.75, 3.05) is 20.4 Å². The molecule has 136 valence electrons. The van der Waals surface area contributed by atoms with E-state index in [4.69, 9.17) is 14.0 Å². The number of halogens is 1. The third kappa shape index (κ3) is 3.55. The lowest BCUT2D eigenvalue weighted by molar-refractivity contribution is 0.273. The van der Waals surface area contributed by atoms with E-state index in [-0.39, 0.29) is 6.61 Å². The fourth-order valence-electron chi connectivity index (χ4n) is 2.57. The molecule has 0 N–H and O–H groups in total. The number of rotatable bonds is 6. The largest absolute Gasteiger partial charge is 0.491 e. The molecule has 0 saturated carbocycles. The topological polar surface area (TPSA) is 83.2 Å². The Hall–Kier alpha value is -3.55. The minimum Gasteiger partial charge on any atom is -0.491 e. The number of methoxy groups -OCH3 is 1. The monoisotopic (exact) mass is 366 g/mol. The first-order chi connectivity index (χ1) is 13.3. The Labute approximate surface area is 153 Å². The fourth-order valence-corrected chi connectivity index (χ4v) is 2.57. The van der Waals surface area contributed by atoms with E-state index in [1.807, 2.05) is 12.1 Å². The zero-order valence-electron chi connectivity index (χ0n) is 14.4. The lowest BCUT2D eigenvalue weighted by Gasteiger charge is -2.05. The van der Waals surface area contributed by atoms with Crippen LogP contribution in [0.3, 0.4) is 0 Å². The number of pyridine rings is 2. The molecule has 0 aliphatic rings. The highest BCUT2D eigenvalue weighted by Crippen LogP contribution is 2.26. The molecule has 0 atom stereocenters. The zero-order valence-corrected chi connectivity index (χ0v) is 14.4. The van der Waals surface area contributed by atoms with Crippen LogP contribution in [0.5, 0.6) is 11.6 Å². The van der Waals surface area contributed by atoms with Gasteiger partial charge in [-0.05, 0) is 30.3 Å². The molecule has 4 aromatic rings. The van der Waals surface area contributed by atoms with Crippen LogP contribution in [0.15, 0.2) is 53.2 Å². The van der Waals surface area contributed by atoms with Crippen molar-refractivity contribution in [1.29, 1.82) is 0 Å². The Morgan fingerprint density at radius 3 is 2.85 bits per heavy atom. The second-order valence-electron chi connectivity index (χ2n) is 5.60. The molecule has 0 fully saturated rings. The standard InChI is InChI=1S/C19H15FN4O3/c1-25-17-11-13(6-8-21-17)19-23-18(24-27-19)16-4-2-12-10-14(26-9-7-20)3-5-15(12)22-16/h2-6,8,10-11H,7,9H2,1H3. The quantitative estimate of drug-likeness (QED) is 0.514. The van der Waals surface area contributed by atoms with Gasteiger partial charge in [0.1, 0.15) is 24.7 Å². The number of ether oxygens (including phenoxy) is 2. The van der Waals surface area contributed by atoms with E-state index in [1.165, 1.54) is 0 Å². The molecule has 4 rings (SSSR count). The predicted molar refractivity (Wildman–Crippen MR) is 96.3 cm³/mol. The van der Waals surface area contributed by atoms with E-state index < -0.39 is 6.67 Å². The van der Waals surface area contributed by atoms with E-state index in [0.717, 1.165) is 10.9 Å². The Kier molecular flexibility index (Phi) is 4.61. The summed E-state index contributed by atoms with van der Waals surface area (Å²) >= 11 is 0. The van der Waals surface area contributed by atoms with Gasteiger partial charge in [-0.2, -0.15) is 4.98 Å². The Balaban J connectivity index is 1.63. The van der Waals surface area contributed by atoms with Gasteiger partial charge in [0.2, 0.25) is 11.7 Å². The maximum absolute atomic E-state index is 12.2. The maximum Gasteiger partial charge on any atom is 0.258 e. The van der Waals surface area contributed by atoms with E-state index in [0.29, 0.717) is 34.6 Å². The summed E-state index contributed by atoms with van der Waals surface area (Å²) < 4.78 is 28.0. The van der Waals surface area contributed by atoms with Gasteiger partial charge in [-0.25, -0.2) is 14.4 Å². The molecule has 0 radical (unpaired) electrons. The molecule has 8 heteroatoms. The van der Waals surface area contributed by atoms with Crippen molar-refractivity contribution < 1.29 is 18.4 Å². The van der Waals surface area contributed by atoms with Gasteiger partial charge in [0.25, 0.3) is 5.89 Å². The van der Waals surface area contributed by atoms with Crippen molar-refractivity contribution in [2.24, 2.45) is 0 Å². The molecular weight excluding hydrogens is 351 g/mol. The van der Waals surface area contributed by atoms with Crippen molar-refractivity contribution in [1.82, 2.24) is 20.1 Å². The third-order valence-corrected chi connectivity index (χ3v) is 3.85. The summed E-state index contributed by atoms with van der Waals surface area (Å²) in [5.41, 5.74) is 2.03. The number of aromatic nitrogens is 4. The normalized spacial score (nSPS) is 10.9. The fraction of sp³-hybridized carbons (Fsp3) is 0.158. The van der Waals surface area contributed by atoms with Gasteiger partial charge in [0, 0.05) is 23.2 Å². The molecule has 0 aliphatic heterocycles. The predicted octanol–water partition coefficient (Wildman–Crippen LogP) is 3.70. The minimum atomic E-state index is -0.529. The summed E-state index contributed by atoms with van der Waals surface area (Å²) in [6.45, 7) is -0.499. The van der Waals surface area contributed by atoms with Crippen LogP contribution in [0.25, 0.3) is 33.9 Å². The number of fused-ring (bicyclic) bond motifs is 1. The van der Waals surface area contributed by atoms with Gasteiger partial charge in [-0.1, -0.05) is 11.2 Å². The molecule has 0 spiro atoms. The van der Waals surface area contributed by atoms with Gasteiger partial charge in [-0.3, -0.25) is 0 Å².